The Morgan fingerprint density at radius 2 is 2.67 bits per heavy atom. The Morgan fingerprint density at radius 3 is 2.83 bits per heavy atom. The van der Waals surface area contributed by atoms with E-state index < -0.39 is 0 Å². The fourth-order valence-corrected chi connectivity index (χ4v) is 1.66. The Hall–Kier alpha value is 0.200. The summed E-state index contributed by atoms with van der Waals surface area (Å²) in [5, 5.41) is 7.30. The largest absolute Gasteiger partial charge is 0.266 e. The van der Waals surface area contributed by atoms with Crippen LogP contribution in [0.3, 0.4) is 0 Å². The molecule has 0 spiro atoms. The van der Waals surface area contributed by atoms with E-state index in [1.807, 2.05) is 11.6 Å². The van der Waals surface area contributed by atoms with Crippen molar-refractivity contribution >= 4 is 21.1 Å². The topological polar surface area (TPSA) is 38.0 Å². The molecule has 0 bridgehead atoms. The standard InChI is InChI=1S/C2H4N2S2/c3-6-4-1-2-5-6/h1-2H,(H2,3,4)/p+1. The second-order valence-electron chi connectivity index (χ2n) is 0.814. The van der Waals surface area contributed by atoms with Gasteiger partial charge in [0.2, 0.25) is 0 Å². The lowest BCUT2D eigenvalue weighted by molar-refractivity contribution is 1.42. The predicted molar refractivity (Wildman–Crippen MR) is 31.4 cm³/mol. The number of rotatable bonds is 0. The molecule has 1 atom stereocenters. The summed E-state index contributed by atoms with van der Waals surface area (Å²) in [6.07, 6.45) is 1.85. The molecule has 0 fully saturated rings. The van der Waals surface area contributed by atoms with Gasteiger partial charge in [-0.05, 0) is 0 Å². The molecule has 34 valence electrons. The van der Waals surface area contributed by atoms with E-state index in [0.29, 0.717) is 0 Å². The van der Waals surface area contributed by atoms with Crippen molar-refractivity contribution in [3.05, 3.63) is 11.6 Å². The summed E-state index contributed by atoms with van der Waals surface area (Å²) in [5.41, 5.74) is 0. The van der Waals surface area contributed by atoms with Crippen molar-refractivity contribution < 1.29 is 0 Å². The molecule has 0 saturated carbocycles. The predicted octanol–water partition coefficient (Wildman–Crippen LogP) is 0.116. The average molecular weight is 121 g/mol. The number of hydrogen-bond donors (Lipinski definition) is 2. The zero-order valence-corrected chi connectivity index (χ0v) is 4.68. The lowest BCUT2D eigenvalue weighted by atomic mass is 11.1. The van der Waals surface area contributed by atoms with Crippen molar-refractivity contribution in [3.8, 4) is 0 Å². The lowest BCUT2D eigenvalue weighted by Gasteiger charge is -1.79. The molecular weight excluding hydrogens is 116 g/mol. The Balaban J connectivity index is 2.32. The summed E-state index contributed by atoms with van der Waals surface area (Å²) >= 11 is 0. The van der Waals surface area contributed by atoms with Gasteiger partial charge < -0.3 is 0 Å². The highest BCUT2D eigenvalue weighted by atomic mass is 33.1. The van der Waals surface area contributed by atoms with Gasteiger partial charge in [0.15, 0.2) is 10.8 Å². The van der Waals surface area contributed by atoms with E-state index in [0.717, 1.165) is 0 Å². The Morgan fingerprint density at radius 1 is 1.83 bits per heavy atom. The highest BCUT2D eigenvalue weighted by molar-refractivity contribution is 8.74. The van der Waals surface area contributed by atoms with Crippen molar-refractivity contribution in [2.24, 2.45) is 5.14 Å². The van der Waals surface area contributed by atoms with Crippen molar-refractivity contribution in [3.63, 3.8) is 0 Å². The third kappa shape index (κ3) is 0.830. The van der Waals surface area contributed by atoms with Gasteiger partial charge in [0.25, 0.3) is 10.3 Å². The number of nitrogens with one attached hydrogen (secondary N) is 1. The van der Waals surface area contributed by atoms with Crippen molar-refractivity contribution in [1.82, 2.24) is 4.72 Å². The van der Waals surface area contributed by atoms with Crippen LogP contribution in [-0.4, -0.2) is 0 Å². The number of hydrogen-bond acceptors (Lipinski definition) is 3. The van der Waals surface area contributed by atoms with Crippen LogP contribution in [0.2, 0.25) is 0 Å². The van der Waals surface area contributed by atoms with Crippen LogP contribution in [0, 0.1) is 0 Å². The van der Waals surface area contributed by atoms with E-state index in [4.69, 9.17) is 5.14 Å². The van der Waals surface area contributed by atoms with Crippen LogP contribution in [0.1, 0.15) is 0 Å². The minimum Gasteiger partial charge on any atom is -0.184 e. The minimum atomic E-state index is -0.117. The van der Waals surface area contributed by atoms with Gasteiger partial charge in [0.1, 0.15) is 0 Å². The van der Waals surface area contributed by atoms with Crippen LogP contribution in [0.15, 0.2) is 11.6 Å². The monoisotopic (exact) mass is 121 g/mol. The van der Waals surface area contributed by atoms with Gasteiger partial charge in [-0.1, -0.05) is 0 Å². The second-order valence-corrected chi connectivity index (χ2v) is 3.76. The summed E-state index contributed by atoms with van der Waals surface area (Å²) in [6, 6.07) is 0. The second kappa shape index (κ2) is 1.77. The molecule has 0 aliphatic carbocycles. The summed E-state index contributed by atoms with van der Waals surface area (Å²) in [6.45, 7) is 0. The zero-order valence-electron chi connectivity index (χ0n) is 3.05. The molecule has 2 nitrogen and oxygen atoms in total. The van der Waals surface area contributed by atoms with Crippen molar-refractivity contribution in [2.45, 2.75) is 0 Å². The van der Waals surface area contributed by atoms with Crippen molar-refractivity contribution in [1.29, 1.82) is 0 Å². The highest BCUT2D eigenvalue weighted by Crippen LogP contribution is 2.13. The molecule has 1 heterocycles. The first kappa shape index (κ1) is 4.36. The van der Waals surface area contributed by atoms with Crippen LogP contribution in [0.4, 0.5) is 0 Å². The Labute approximate surface area is 43.2 Å². The van der Waals surface area contributed by atoms with Gasteiger partial charge in [-0.15, -0.1) is 5.14 Å². The van der Waals surface area contributed by atoms with Gasteiger partial charge in [-0.3, -0.25) is 0 Å². The Kier molecular flexibility index (Phi) is 1.29. The van der Waals surface area contributed by atoms with E-state index in [2.05, 4.69) is 4.72 Å². The SMILES string of the molecule is N[S+]1NC=CS1. The van der Waals surface area contributed by atoms with Gasteiger partial charge in [0, 0.05) is 5.41 Å². The maximum absolute atomic E-state index is 5.35. The van der Waals surface area contributed by atoms with Crippen LogP contribution in [0.5, 0.6) is 0 Å². The fraction of sp³-hybridized carbons (Fsp3) is 0. The zero-order chi connectivity index (χ0) is 4.41. The molecule has 0 radical (unpaired) electrons. The fourth-order valence-electron chi connectivity index (χ4n) is 0.210. The Bertz CT molecular complexity index is 63.9. The molecule has 6 heavy (non-hydrogen) atoms. The molecular formula is C2H5N2S2+. The average Bonchev–Trinajstić information content (AvgIpc) is 1.86. The third-order valence-corrected chi connectivity index (χ3v) is 2.48. The molecule has 1 aliphatic heterocycles. The smallest absolute Gasteiger partial charge is 0.184 e. The molecule has 4 heteroatoms. The van der Waals surface area contributed by atoms with E-state index >= 15 is 0 Å². The molecule has 0 amide bonds. The molecule has 1 rings (SSSR count). The normalized spacial score (nSPS) is 30.5. The van der Waals surface area contributed by atoms with E-state index in [9.17, 15) is 0 Å². The van der Waals surface area contributed by atoms with Gasteiger partial charge in [0.05, 0.1) is 6.20 Å². The molecule has 0 aromatic carbocycles. The van der Waals surface area contributed by atoms with Crippen LogP contribution < -0.4 is 9.86 Å². The van der Waals surface area contributed by atoms with E-state index in [1.54, 1.807) is 10.8 Å². The molecule has 0 aromatic rings. The molecule has 1 aliphatic rings. The first-order valence-electron chi connectivity index (χ1n) is 1.46. The minimum absolute atomic E-state index is 0.117. The maximum Gasteiger partial charge on any atom is 0.266 e. The van der Waals surface area contributed by atoms with Gasteiger partial charge in [-0.2, -0.15) is 4.72 Å². The van der Waals surface area contributed by atoms with Gasteiger partial charge in [-0.25, -0.2) is 0 Å². The molecule has 1 unspecified atom stereocenters. The molecule has 3 N–H and O–H groups in total. The summed E-state index contributed by atoms with van der Waals surface area (Å²) in [4.78, 5) is 0. The summed E-state index contributed by atoms with van der Waals surface area (Å²) < 4.78 is 2.91. The van der Waals surface area contributed by atoms with Crippen LogP contribution in [-0.2, 0) is 10.3 Å². The van der Waals surface area contributed by atoms with E-state index in [-0.39, 0.29) is 10.3 Å². The molecule has 0 aromatic heterocycles. The lowest BCUT2D eigenvalue weighted by Crippen LogP contribution is -2.18. The van der Waals surface area contributed by atoms with Gasteiger partial charge >= 0.3 is 0 Å². The first-order valence-corrected chi connectivity index (χ1v) is 4.15. The maximum atomic E-state index is 5.35. The van der Waals surface area contributed by atoms with Crippen molar-refractivity contribution in [2.75, 3.05) is 0 Å². The summed E-state index contributed by atoms with van der Waals surface area (Å²) in [7, 11) is 1.49. The quantitative estimate of drug-likeness (QED) is 0.353. The summed E-state index contributed by atoms with van der Waals surface area (Å²) in [5.74, 6) is 0. The first-order chi connectivity index (χ1) is 2.89. The van der Waals surface area contributed by atoms with Crippen LogP contribution in [0.25, 0.3) is 0 Å². The van der Waals surface area contributed by atoms with Crippen LogP contribution >= 0.6 is 10.8 Å². The number of nitrogens with two attached hydrogens (primary N) is 1. The van der Waals surface area contributed by atoms with E-state index in [1.165, 1.54) is 0 Å². The third-order valence-electron chi connectivity index (χ3n) is 0.411. The molecule has 0 saturated heterocycles. The highest BCUT2D eigenvalue weighted by Gasteiger charge is 2.14.